The maximum Gasteiger partial charge on any atom is 0.133 e. The average Bonchev–Trinajstić information content (AvgIpc) is 2.65. The number of hydrogen-bond acceptors (Lipinski definition) is 3. The molecular formula is C12H19N3O. The molecule has 1 aromatic rings. The molecule has 0 aromatic carbocycles. The van der Waals surface area contributed by atoms with Gasteiger partial charge in [-0.3, -0.25) is 14.4 Å². The lowest BCUT2D eigenvalue weighted by atomic mass is 9.93. The minimum absolute atomic E-state index is 0.292. The van der Waals surface area contributed by atoms with Crippen LogP contribution >= 0.6 is 0 Å². The van der Waals surface area contributed by atoms with Gasteiger partial charge in [0.25, 0.3) is 0 Å². The van der Waals surface area contributed by atoms with Gasteiger partial charge >= 0.3 is 0 Å². The number of piperidine rings is 1. The van der Waals surface area contributed by atoms with E-state index in [1.54, 1.807) is 6.92 Å². The molecule has 1 aliphatic rings. The molecule has 16 heavy (non-hydrogen) atoms. The topological polar surface area (TPSA) is 38.1 Å². The van der Waals surface area contributed by atoms with Gasteiger partial charge < -0.3 is 0 Å². The molecule has 1 aliphatic heterocycles. The molecule has 0 N–H and O–H groups in total. The Morgan fingerprint density at radius 2 is 2.19 bits per heavy atom. The maximum absolute atomic E-state index is 11.2. The molecule has 4 nitrogen and oxygen atoms in total. The summed E-state index contributed by atoms with van der Waals surface area (Å²) in [4.78, 5) is 13.6. The maximum atomic E-state index is 11.2. The molecule has 1 fully saturated rings. The highest BCUT2D eigenvalue weighted by Gasteiger charge is 2.22. The fraction of sp³-hybridized carbons (Fsp3) is 0.667. The Morgan fingerprint density at radius 1 is 1.50 bits per heavy atom. The third kappa shape index (κ3) is 2.70. The van der Waals surface area contributed by atoms with Gasteiger partial charge in [0.1, 0.15) is 5.78 Å². The molecule has 0 saturated carbocycles. The lowest BCUT2D eigenvalue weighted by molar-refractivity contribution is -0.122. The van der Waals surface area contributed by atoms with Crippen LogP contribution in [0.15, 0.2) is 12.3 Å². The first-order valence-electron chi connectivity index (χ1n) is 5.86. The van der Waals surface area contributed by atoms with Crippen molar-refractivity contribution < 1.29 is 4.79 Å². The number of nitrogens with zero attached hydrogens (tertiary/aromatic N) is 3. The molecule has 0 unspecified atom stereocenters. The first kappa shape index (κ1) is 11.3. The second-order valence-corrected chi connectivity index (χ2v) is 4.64. The summed E-state index contributed by atoms with van der Waals surface area (Å²) in [7, 11) is 1.94. The summed E-state index contributed by atoms with van der Waals surface area (Å²) >= 11 is 0. The van der Waals surface area contributed by atoms with Crippen molar-refractivity contribution in [1.29, 1.82) is 0 Å². The van der Waals surface area contributed by atoms with E-state index in [4.69, 9.17) is 0 Å². The van der Waals surface area contributed by atoms with E-state index in [2.05, 4.69) is 16.1 Å². The molecule has 0 spiro atoms. The number of likely N-dealkylation sites (tertiary alicyclic amines) is 1. The van der Waals surface area contributed by atoms with Crippen molar-refractivity contribution in [3.63, 3.8) is 0 Å². The summed E-state index contributed by atoms with van der Waals surface area (Å²) in [6, 6.07) is 2.05. The summed E-state index contributed by atoms with van der Waals surface area (Å²) < 4.78 is 1.83. The average molecular weight is 221 g/mol. The molecular weight excluding hydrogens is 202 g/mol. The Bertz CT molecular complexity index is 364. The van der Waals surface area contributed by atoms with E-state index in [0.29, 0.717) is 11.7 Å². The number of ketones is 1. The van der Waals surface area contributed by atoms with Gasteiger partial charge in [-0.15, -0.1) is 0 Å². The van der Waals surface area contributed by atoms with Crippen molar-refractivity contribution in [2.45, 2.75) is 26.3 Å². The monoisotopic (exact) mass is 221 g/mol. The molecule has 1 saturated heterocycles. The number of Topliss-reactive ketones (excluding diaryl/α,β-unsaturated/α-hetero) is 1. The second kappa shape index (κ2) is 4.78. The van der Waals surface area contributed by atoms with Crippen molar-refractivity contribution in [1.82, 2.24) is 14.7 Å². The third-order valence-corrected chi connectivity index (χ3v) is 3.32. The van der Waals surface area contributed by atoms with Gasteiger partial charge in [-0.1, -0.05) is 0 Å². The lowest BCUT2D eigenvalue weighted by Gasteiger charge is -2.30. The third-order valence-electron chi connectivity index (χ3n) is 3.32. The number of carbonyl (C=O) groups is 1. The van der Waals surface area contributed by atoms with Crippen LogP contribution in [0.2, 0.25) is 0 Å². The number of carbonyl (C=O) groups excluding carboxylic acids is 1. The molecule has 2 rings (SSSR count). The smallest absolute Gasteiger partial charge is 0.133 e. The van der Waals surface area contributed by atoms with Crippen molar-refractivity contribution >= 4 is 5.78 Å². The summed E-state index contributed by atoms with van der Waals surface area (Å²) in [5.41, 5.74) is 1.11. The minimum Gasteiger partial charge on any atom is -0.300 e. The van der Waals surface area contributed by atoms with Crippen molar-refractivity contribution in [3.05, 3.63) is 18.0 Å². The predicted octanol–water partition coefficient (Wildman–Crippen LogP) is 1.22. The number of hydrogen-bond donors (Lipinski definition) is 0. The molecule has 88 valence electrons. The molecule has 1 aromatic heterocycles. The van der Waals surface area contributed by atoms with E-state index in [9.17, 15) is 4.79 Å². The highest BCUT2D eigenvalue weighted by Crippen LogP contribution is 2.19. The zero-order chi connectivity index (χ0) is 11.5. The van der Waals surface area contributed by atoms with Gasteiger partial charge in [-0.25, -0.2) is 0 Å². The second-order valence-electron chi connectivity index (χ2n) is 4.64. The van der Waals surface area contributed by atoms with Crippen LogP contribution in [0, 0.1) is 5.92 Å². The van der Waals surface area contributed by atoms with Gasteiger partial charge in [0.05, 0.1) is 5.69 Å². The first-order chi connectivity index (χ1) is 7.65. The van der Waals surface area contributed by atoms with E-state index < -0.39 is 0 Å². The van der Waals surface area contributed by atoms with Crippen LogP contribution in [-0.4, -0.2) is 33.6 Å². The van der Waals surface area contributed by atoms with Gasteiger partial charge in [0, 0.05) is 25.7 Å². The Labute approximate surface area is 96.2 Å². The lowest BCUT2D eigenvalue weighted by Crippen LogP contribution is -2.35. The Kier molecular flexibility index (Phi) is 3.39. The predicted molar refractivity (Wildman–Crippen MR) is 61.9 cm³/mol. The van der Waals surface area contributed by atoms with Crippen LogP contribution in [0.25, 0.3) is 0 Å². The van der Waals surface area contributed by atoms with Crippen LogP contribution in [0.1, 0.15) is 25.5 Å². The number of rotatable bonds is 3. The quantitative estimate of drug-likeness (QED) is 0.770. The Balaban J connectivity index is 1.83. The number of aromatic nitrogens is 2. The summed E-state index contributed by atoms with van der Waals surface area (Å²) in [6.07, 6.45) is 3.97. The normalized spacial score (nSPS) is 18.9. The van der Waals surface area contributed by atoms with Crippen LogP contribution in [0.4, 0.5) is 0 Å². The molecule has 2 heterocycles. The molecule has 4 heteroatoms. The Hall–Kier alpha value is -1.16. The molecule has 0 atom stereocenters. The highest BCUT2D eigenvalue weighted by atomic mass is 16.1. The van der Waals surface area contributed by atoms with Crippen LogP contribution in [0.3, 0.4) is 0 Å². The van der Waals surface area contributed by atoms with Gasteiger partial charge in [0.15, 0.2) is 0 Å². The zero-order valence-electron chi connectivity index (χ0n) is 10.0. The van der Waals surface area contributed by atoms with Gasteiger partial charge in [0.2, 0.25) is 0 Å². The molecule has 0 bridgehead atoms. The molecule has 0 amide bonds. The Morgan fingerprint density at radius 3 is 2.69 bits per heavy atom. The minimum atomic E-state index is 0.292. The van der Waals surface area contributed by atoms with E-state index in [1.165, 1.54) is 0 Å². The highest BCUT2D eigenvalue weighted by molar-refractivity contribution is 5.78. The van der Waals surface area contributed by atoms with Gasteiger partial charge in [-0.05, 0) is 38.9 Å². The zero-order valence-corrected chi connectivity index (χ0v) is 10.0. The largest absolute Gasteiger partial charge is 0.300 e. The summed E-state index contributed by atoms with van der Waals surface area (Å²) in [5.74, 6) is 0.637. The van der Waals surface area contributed by atoms with Crippen molar-refractivity contribution in [3.8, 4) is 0 Å². The van der Waals surface area contributed by atoms with Crippen molar-refractivity contribution in [2.24, 2.45) is 13.0 Å². The van der Waals surface area contributed by atoms with E-state index in [-0.39, 0.29) is 0 Å². The SMILES string of the molecule is CC(=O)C1CCN(Cc2ccn(C)n2)CC1. The fourth-order valence-electron chi connectivity index (χ4n) is 2.27. The van der Waals surface area contributed by atoms with Crippen LogP contribution in [0.5, 0.6) is 0 Å². The number of aryl methyl sites for hydroxylation is 1. The summed E-state index contributed by atoms with van der Waals surface area (Å²) in [6.45, 7) is 4.65. The first-order valence-corrected chi connectivity index (χ1v) is 5.86. The summed E-state index contributed by atoms with van der Waals surface area (Å²) in [5, 5.41) is 4.37. The molecule has 0 radical (unpaired) electrons. The van der Waals surface area contributed by atoms with Gasteiger partial charge in [-0.2, -0.15) is 5.10 Å². The van der Waals surface area contributed by atoms with E-state index >= 15 is 0 Å². The van der Waals surface area contributed by atoms with Crippen molar-refractivity contribution in [2.75, 3.05) is 13.1 Å². The van der Waals surface area contributed by atoms with Crippen LogP contribution in [-0.2, 0) is 18.4 Å². The molecule has 0 aliphatic carbocycles. The van der Waals surface area contributed by atoms with E-state index in [1.807, 2.05) is 17.9 Å². The van der Waals surface area contributed by atoms with Crippen LogP contribution < -0.4 is 0 Å². The fourth-order valence-corrected chi connectivity index (χ4v) is 2.27. The standard InChI is InChI=1S/C12H19N3O/c1-10(16)11-3-7-15(8-4-11)9-12-5-6-14(2)13-12/h5-6,11H,3-4,7-9H2,1-2H3. The van der Waals surface area contributed by atoms with E-state index in [0.717, 1.165) is 38.2 Å².